The third-order valence-electron chi connectivity index (χ3n) is 3.27. The van der Waals surface area contributed by atoms with Gasteiger partial charge in [-0.05, 0) is 30.2 Å². The first-order chi connectivity index (χ1) is 10.3. The van der Waals surface area contributed by atoms with Crippen molar-refractivity contribution in [1.82, 2.24) is 0 Å². The molecule has 1 rings (SSSR count). The molecule has 0 saturated heterocycles. The largest absolute Gasteiger partial charge is 0.497 e. The van der Waals surface area contributed by atoms with Gasteiger partial charge in [-0.2, -0.15) is 0 Å². The van der Waals surface area contributed by atoms with Crippen LogP contribution in [0.25, 0.3) is 6.08 Å². The van der Waals surface area contributed by atoms with Crippen molar-refractivity contribution in [2.45, 2.75) is 45.4 Å². The molecule has 22 heavy (non-hydrogen) atoms. The molecular weight excluding hydrogens is 372 g/mol. The molecule has 0 heterocycles. The van der Waals surface area contributed by atoms with Crippen LogP contribution in [0.2, 0.25) is 0 Å². The van der Waals surface area contributed by atoms with Crippen LogP contribution in [0.3, 0.4) is 0 Å². The second kappa shape index (κ2) is 13.6. The number of benzene rings is 1. The Morgan fingerprint density at radius 2 is 1.68 bits per heavy atom. The van der Waals surface area contributed by atoms with E-state index in [4.69, 9.17) is 9.47 Å². The van der Waals surface area contributed by atoms with Gasteiger partial charge in [0.2, 0.25) is 0 Å². The monoisotopic (exact) mass is 397 g/mol. The molecule has 0 aliphatic rings. The molecule has 0 fully saturated rings. The van der Waals surface area contributed by atoms with E-state index in [1.807, 2.05) is 24.3 Å². The van der Waals surface area contributed by atoms with E-state index in [1.54, 1.807) is 13.2 Å². The minimum Gasteiger partial charge on any atom is -0.497 e. The third kappa shape index (κ3) is 9.83. The van der Waals surface area contributed by atoms with Crippen LogP contribution in [-0.4, -0.2) is 19.7 Å². The van der Waals surface area contributed by atoms with Gasteiger partial charge in [-0.3, -0.25) is 0 Å². The molecule has 4 heteroatoms. The van der Waals surface area contributed by atoms with Crippen LogP contribution in [0.4, 0.5) is 0 Å². The van der Waals surface area contributed by atoms with Crippen LogP contribution in [0.1, 0.15) is 51.0 Å². The van der Waals surface area contributed by atoms with E-state index in [1.165, 1.54) is 31.8 Å². The molecule has 3 nitrogen and oxygen atoms in total. The summed E-state index contributed by atoms with van der Waals surface area (Å²) < 4.78 is 10.2. The fourth-order valence-electron chi connectivity index (χ4n) is 1.98. The summed E-state index contributed by atoms with van der Waals surface area (Å²) in [5.41, 5.74) is 0.951. The summed E-state index contributed by atoms with van der Waals surface area (Å²) in [7, 11) is 1.63. The number of methoxy groups -OCH3 is 1. The van der Waals surface area contributed by atoms with Crippen LogP contribution in [0.15, 0.2) is 30.3 Å². The van der Waals surface area contributed by atoms with Crippen molar-refractivity contribution in [3.8, 4) is 5.75 Å². The number of hydrogen-bond donors (Lipinski definition) is 0. The minimum absolute atomic E-state index is 0. The Hall–Kier alpha value is -1.03. The molecule has 0 aromatic heterocycles. The van der Waals surface area contributed by atoms with Gasteiger partial charge in [0.25, 0.3) is 0 Å². The number of unbranched alkanes of at least 4 members (excludes halogenated alkanes) is 5. The van der Waals surface area contributed by atoms with E-state index < -0.39 is 0 Å². The number of ether oxygens (including phenoxy) is 2. The fraction of sp³-hybridized carbons (Fsp3) is 0.500. The molecule has 0 amide bonds. The predicted molar refractivity (Wildman–Crippen MR) is 86.4 cm³/mol. The van der Waals surface area contributed by atoms with Gasteiger partial charge in [-0.1, -0.05) is 51.2 Å². The van der Waals surface area contributed by atoms with Crippen LogP contribution in [0.5, 0.6) is 5.75 Å². The van der Waals surface area contributed by atoms with Gasteiger partial charge in [-0.15, -0.1) is 0 Å². The van der Waals surface area contributed by atoms with Crippen LogP contribution in [0, 0.1) is 0 Å². The molecular formula is C18H26AgO3. The van der Waals surface area contributed by atoms with Crippen LogP contribution < -0.4 is 4.74 Å². The topological polar surface area (TPSA) is 35.5 Å². The Balaban J connectivity index is 0.00000441. The molecule has 0 bridgehead atoms. The summed E-state index contributed by atoms with van der Waals surface area (Å²) in [6, 6.07) is 7.52. The van der Waals surface area contributed by atoms with E-state index in [9.17, 15) is 4.79 Å². The van der Waals surface area contributed by atoms with Crippen molar-refractivity contribution in [3.05, 3.63) is 35.9 Å². The molecule has 0 N–H and O–H groups in total. The van der Waals surface area contributed by atoms with Gasteiger partial charge in [0, 0.05) is 28.5 Å². The Labute approximate surface area is 149 Å². The van der Waals surface area contributed by atoms with Crippen molar-refractivity contribution in [2.24, 2.45) is 0 Å². The Bertz CT molecular complexity index is 426. The second-order valence-corrected chi connectivity index (χ2v) is 5.04. The van der Waals surface area contributed by atoms with E-state index in [-0.39, 0.29) is 28.3 Å². The van der Waals surface area contributed by atoms with E-state index in [0.717, 1.165) is 24.2 Å². The van der Waals surface area contributed by atoms with Crippen molar-refractivity contribution < 1.29 is 36.6 Å². The number of hydrogen-bond acceptors (Lipinski definition) is 3. The fourth-order valence-corrected chi connectivity index (χ4v) is 1.98. The summed E-state index contributed by atoms with van der Waals surface area (Å²) in [4.78, 5) is 11.5. The molecule has 0 aliphatic heterocycles. The normalized spacial score (nSPS) is 10.3. The average Bonchev–Trinajstić information content (AvgIpc) is 2.52. The van der Waals surface area contributed by atoms with Gasteiger partial charge in [-0.25, -0.2) is 4.79 Å². The summed E-state index contributed by atoms with van der Waals surface area (Å²) in [5, 5.41) is 0. The first kappa shape index (κ1) is 21.0. The molecule has 0 atom stereocenters. The van der Waals surface area contributed by atoms with Gasteiger partial charge >= 0.3 is 5.97 Å². The van der Waals surface area contributed by atoms with Crippen LogP contribution in [-0.2, 0) is 31.9 Å². The minimum atomic E-state index is -0.278. The standard InChI is InChI=1S/C18H26O3.Ag/c1-3-4-5-6-7-8-15-21-18(19)14-11-16-9-12-17(20-2)13-10-16;/h9-14H,3-8,15H2,1-2H3;. The zero-order valence-corrected chi connectivity index (χ0v) is 14.9. The summed E-state index contributed by atoms with van der Waals surface area (Å²) in [5.74, 6) is 0.525. The molecule has 0 aliphatic carbocycles. The number of esters is 1. The molecule has 127 valence electrons. The van der Waals surface area contributed by atoms with Gasteiger partial charge in [0.15, 0.2) is 0 Å². The Morgan fingerprint density at radius 1 is 1.05 bits per heavy atom. The Morgan fingerprint density at radius 3 is 2.32 bits per heavy atom. The van der Waals surface area contributed by atoms with Crippen molar-refractivity contribution in [1.29, 1.82) is 0 Å². The predicted octanol–water partition coefficient (Wildman–Crippen LogP) is 4.61. The molecule has 0 spiro atoms. The number of carbonyl (C=O) groups is 1. The van der Waals surface area contributed by atoms with E-state index in [0.29, 0.717) is 6.61 Å². The molecule has 1 aromatic carbocycles. The van der Waals surface area contributed by atoms with Crippen molar-refractivity contribution >= 4 is 12.0 Å². The Kier molecular flexibility index (Phi) is 13.0. The second-order valence-electron chi connectivity index (χ2n) is 5.04. The molecule has 0 saturated carbocycles. The van der Waals surface area contributed by atoms with E-state index >= 15 is 0 Å². The molecule has 0 unspecified atom stereocenters. The first-order valence-corrected chi connectivity index (χ1v) is 7.75. The van der Waals surface area contributed by atoms with Crippen molar-refractivity contribution in [2.75, 3.05) is 13.7 Å². The smallest absolute Gasteiger partial charge is 0.330 e. The van der Waals surface area contributed by atoms with Gasteiger partial charge in [0.05, 0.1) is 13.7 Å². The van der Waals surface area contributed by atoms with E-state index in [2.05, 4.69) is 6.92 Å². The summed E-state index contributed by atoms with van der Waals surface area (Å²) in [6.07, 6.45) is 10.4. The van der Waals surface area contributed by atoms with Gasteiger partial charge < -0.3 is 9.47 Å². The molecule has 1 aromatic rings. The summed E-state index contributed by atoms with van der Waals surface area (Å²) >= 11 is 0. The summed E-state index contributed by atoms with van der Waals surface area (Å²) in [6.45, 7) is 2.72. The SMILES string of the molecule is CCCCCCCCOC(=O)C=Cc1ccc(OC)cc1.[Ag]. The first-order valence-electron chi connectivity index (χ1n) is 7.75. The quantitative estimate of drug-likeness (QED) is 0.250. The van der Waals surface area contributed by atoms with Crippen LogP contribution >= 0.6 is 0 Å². The van der Waals surface area contributed by atoms with Gasteiger partial charge in [0.1, 0.15) is 5.75 Å². The number of carbonyl (C=O) groups excluding carboxylic acids is 1. The maximum Gasteiger partial charge on any atom is 0.330 e. The number of rotatable bonds is 10. The average molecular weight is 398 g/mol. The third-order valence-corrected chi connectivity index (χ3v) is 3.27. The zero-order valence-electron chi connectivity index (χ0n) is 13.4. The maximum atomic E-state index is 11.5. The zero-order chi connectivity index (χ0) is 15.3. The maximum absolute atomic E-state index is 11.5. The van der Waals surface area contributed by atoms with Crippen molar-refractivity contribution in [3.63, 3.8) is 0 Å². The molecule has 1 radical (unpaired) electrons.